The Bertz CT molecular complexity index is 907. The maximum Gasteiger partial charge on any atom is 0.266 e. The minimum atomic E-state index is -0.00232. The van der Waals surface area contributed by atoms with Crippen molar-refractivity contribution in [3.63, 3.8) is 0 Å². The number of hydrogen-bond acceptors (Lipinski definition) is 4. The van der Waals surface area contributed by atoms with Gasteiger partial charge in [-0.25, -0.2) is 4.99 Å². The van der Waals surface area contributed by atoms with Crippen LogP contribution in [-0.4, -0.2) is 36.1 Å². The first-order chi connectivity index (χ1) is 12.9. The molecule has 0 aromatic heterocycles. The number of aliphatic imine (C=N–C) groups is 1. The molecule has 0 saturated carbocycles. The normalized spacial score (nSPS) is 17.4. The molecule has 1 heterocycles. The van der Waals surface area contributed by atoms with Gasteiger partial charge in [-0.15, -0.1) is 0 Å². The molecular formula is C21H22BrN3OS. The molecule has 0 N–H and O–H groups in total. The van der Waals surface area contributed by atoms with Crippen molar-refractivity contribution >= 4 is 56.2 Å². The van der Waals surface area contributed by atoms with Crippen molar-refractivity contribution < 1.29 is 4.79 Å². The Labute approximate surface area is 173 Å². The highest BCUT2D eigenvalue weighted by Gasteiger charge is 2.35. The summed E-state index contributed by atoms with van der Waals surface area (Å²) in [5.41, 5.74) is 2.92. The number of carbonyl (C=O) groups excluding carboxylic acids is 1. The minimum absolute atomic E-state index is 0.00232. The zero-order valence-corrected chi connectivity index (χ0v) is 18.2. The van der Waals surface area contributed by atoms with Crippen LogP contribution in [0.1, 0.15) is 19.4 Å². The van der Waals surface area contributed by atoms with Gasteiger partial charge in [0.1, 0.15) is 0 Å². The van der Waals surface area contributed by atoms with E-state index < -0.39 is 0 Å². The number of para-hydroxylation sites is 1. The first kappa shape index (κ1) is 19.7. The van der Waals surface area contributed by atoms with Gasteiger partial charge in [0, 0.05) is 24.6 Å². The highest BCUT2D eigenvalue weighted by Crippen LogP contribution is 2.36. The second-order valence-electron chi connectivity index (χ2n) is 6.71. The van der Waals surface area contributed by atoms with Gasteiger partial charge in [-0.2, -0.15) is 0 Å². The summed E-state index contributed by atoms with van der Waals surface area (Å²) in [4.78, 5) is 22.1. The summed E-state index contributed by atoms with van der Waals surface area (Å²) in [6.07, 6.45) is 1.93. The van der Waals surface area contributed by atoms with Gasteiger partial charge in [-0.3, -0.25) is 9.69 Å². The number of amidine groups is 1. The van der Waals surface area contributed by atoms with E-state index in [0.29, 0.717) is 4.91 Å². The molecule has 140 valence electrons. The van der Waals surface area contributed by atoms with Gasteiger partial charge < -0.3 is 4.90 Å². The molecule has 1 saturated heterocycles. The van der Waals surface area contributed by atoms with Gasteiger partial charge in [0.15, 0.2) is 5.17 Å². The van der Waals surface area contributed by atoms with Crippen molar-refractivity contribution in [3.8, 4) is 0 Å². The summed E-state index contributed by atoms with van der Waals surface area (Å²) in [7, 11) is 4.00. The largest absolute Gasteiger partial charge is 0.377 e. The molecule has 0 radical (unpaired) electrons. The van der Waals surface area contributed by atoms with Crippen LogP contribution in [0, 0.1) is 0 Å². The SMILES string of the molecule is CC(C)N1C(=O)/C(=C\c2ccc(N(C)C)c(Br)c2)SC1=Nc1ccccc1. The Morgan fingerprint density at radius 1 is 1.15 bits per heavy atom. The maximum atomic E-state index is 12.9. The molecule has 6 heteroatoms. The molecule has 2 aromatic carbocycles. The number of anilines is 1. The maximum absolute atomic E-state index is 12.9. The summed E-state index contributed by atoms with van der Waals surface area (Å²) >= 11 is 5.03. The van der Waals surface area contributed by atoms with E-state index in [1.54, 1.807) is 4.90 Å². The first-order valence-corrected chi connectivity index (χ1v) is 10.3. The zero-order chi connectivity index (χ0) is 19.6. The third-order valence-electron chi connectivity index (χ3n) is 4.09. The number of thioether (sulfide) groups is 1. The molecule has 0 unspecified atom stereocenters. The smallest absolute Gasteiger partial charge is 0.266 e. The number of benzene rings is 2. The Balaban J connectivity index is 1.95. The van der Waals surface area contributed by atoms with E-state index in [1.165, 1.54) is 11.8 Å². The molecule has 0 spiro atoms. The quantitative estimate of drug-likeness (QED) is 0.582. The van der Waals surface area contributed by atoms with Crippen molar-refractivity contribution in [2.75, 3.05) is 19.0 Å². The fraction of sp³-hybridized carbons (Fsp3) is 0.238. The Morgan fingerprint density at radius 2 is 1.85 bits per heavy atom. The monoisotopic (exact) mass is 443 g/mol. The molecule has 4 nitrogen and oxygen atoms in total. The number of carbonyl (C=O) groups is 1. The molecule has 0 aliphatic carbocycles. The van der Waals surface area contributed by atoms with Crippen LogP contribution in [0.4, 0.5) is 11.4 Å². The van der Waals surface area contributed by atoms with Crippen molar-refractivity contribution in [1.82, 2.24) is 4.90 Å². The van der Waals surface area contributed by atoms with Crippen LogP contribution in [0.2, 0.25) is 0 Å². The van der Waals surface area contributed by atoms with Crippen molar-refractivity contribution in [2.45, 2.75) is 19.9 Å². The van der Waals surface area contributed by atoms with Crippen molar-refractivity contribution in [2.24, 2.45) is 4.99 Å². The van der Waals surface area contributed by atoms with Gasteiger partial charge >= 0.3 is 0 Å². The predicted molar refractivity (Wildman–Crippen MR) is 120 cm³/mol. The average molecular weight is 444 g/mol. The molecule has 1 fully saturated rings. The van der Waals surface area contributed by atoms with Crippen LogP contribution >= 0.6 is 27.7 Å². The molecule has 2 aromatic rings. The van der Waals surface area contributed by atoms with Crippen molar-refractivity contribution in [3.05, 3.63) is 63.5 Å². The highest BCUT2D eigenvalue weighted by atomic mass is 79.9. The standard InChI is InChI=1S/C21H22BrN3OS/c1-14(2)25-20(26)19(27-21(25)23-16-8-6-5-7-9-16)13-15-10-11-18(24(3)4)17(22)12-15/h5-14H,1-4H3/b19-13+,23-21?. The summed E-state index contributed by atoms with van der Waals surface area (Å²) in [6, 6.07) is 15.9. The topological polar surface area (TPSA) is 35.9 Å². The highest BCUT2D eigenvalue weighted by molar-refractivity contribution is 9.10. The molecule has 1 aliphatic rings. The number of rotatable bonds is 4. The van der Waals surface area contributed by atoms with Crippen LogP contribution in [0.15, 0.2) is 62.9 Å². The van der Waals surface area contributed by atoms with E-state index in [0.717, 1.165) is 26.6 Å². The van der Waals surface area contributed by atoms with Gasteiger partial charge in [-0.05, 0) is 77.4 Å². The lowest BCUT2D eigenvalue weighted by atomic mass is 10.2. The van der Waals surface area contributed by atoms with Gasteiger partial charge in [0.25, 0.3) is 5.91 Å². The summed E-state index contributed by atoms with van der Waals surface area (Å²) in [5, 5.41) is 0.719. The molecule has 0 bridgehead atoms. The lowest BCUT2D eigenvalue weighted by molar-refractivity contribution is -0.123. The number of amides is 1. The summed E-state index contributed by atoms with van der Waals surface area (Å²) in [6.45, 7) is 4.01. The van der Waals surface area contributed by atoms with E-state index in [9.17, 15) is 4.79 Å². The third kappa shape index (κ3) is 4.45. The Morgan fingerprint density at radius 3 is 2.44 bits per heavy atom. The minimum Gasteiger partial charge on any atom is -0.377 e. The predicted octanol–water partition coefficient (Wildman–Crippen LogP) is 5.53. The number of hydrogen-bond donors (Lipinski definition) is 0. The molecule has 0 atom stereocenters. The third-order valence-corrected chi connectivity index (χ3v) is 5.70. The number of halogens is 1. The van der Waals surface area contributed by atoms with Gasteiger partial charge in [-0.1, -0.05) is 24.3 Å². The van der Waals surface area contributed by atoms with Crippen LogP contribution in [-0.2, 0) is 4.79 Å². The Hall–Kier alpha value is -2.05. The van der Waals surface area contributed by atoms with Crippen LogP contribution in [0.5, 0.6) is 0 Å². The van der Waals surface area contributed by atoms with E-state index in [-0.39, 0.29) is 11.9 Å². The van der Waals surface area contributed by atoms with E-state index in [1.807, 2.05) is 87.4 Å². The fourth-order valence-electron chi connectivity index (χ4n) is 2.76. The lowest BCUT2D eigenvalue weighted by Crippen LogP contribution is -2.35. The van der Waals surface area contributed by atoms with Crippen LogP contribution in [0.25, 0.3) is 6.08 Å². The van der Waals surface area contributed by atoms with E-state index in [4.69, 9.17) is 0 Å². The second kappa shape index (κ2) is 8.31. The van der Waals surface area contributed by atoms with Crippen LogP contribution in [0.3, 0.4) is 0 Å². The lowest BCUT2D eigenvalue weighted by Gasteiger charge is -2.19. The second-order valence-corrected chi connectivity index (χ2v) is 8.58. The Kier molecular flexibility index (Phi) is 6.07. The molecule has 1 amide bonds. The molecule has 1 aliphatic heterocycles. The van der Waals surface area contributed by atoms with Gasteiger partial charge in [0.05, 0.1) is 16.3 Å². The molecule has 27 heavy (non-hydrogen) atoms. The summed E-state index contributed by atoms with van der Waals surface area (Å²) < 4.78 is 0.996. The fourth-order valence-corrected chi connectivity index (χ4v) is 4.63. The van der Waals surface area contributed by atoms with E-state index in [2.05, 4.69) is 20.9 Å². The van der Waals surface area contributed by atoms with Crippen molar-refractivity contribution in [1.29, 1.82) is 0 Å². The molecule has 3 rings (SSSR count). The summed E-state index contributed by atoms with van der Waals surface area (Å²) in [5.74, 6) is -0.00232. The zero-order valence-electron chi connectivity index (χ0n) is 15.8. The van der Waals surface area contributed by atoms with Gasteiger partial charge in [0.2, 0.25) is 0 Å². The van der Waals surface area contributed by atoms with E-state index >= 15 is 0 Å². The first-order valence-electron chi connectivity index (χ1n) is 8.70. The molecular weight excluding hydrogens is 422 g/mol. The number of nitrogens with zero attached hydrogens (tertiary/aromatic N) is 3. The van der Waals surface area contributed by atoms with Crippen LogP contribution < -0.4 is 4.90 Å². The average Bonchev–Trinajstić information content (AvgIpc) is 2.91.